The highest BCUT2D eigenvalue weighted by Crippen LogP contribution is 2.28. The Morgan fingerprint density at radius 1 is 1.00 bits per heavy atom. The van der Waals surface area contributed by atoms with E-state index in [1.54, 1.807) is 18.2 Å². The van der Waals surface area contributed by atoms with Crippen LogP contribution < -0.4 is 5.32 Å². The highest BCUT2D eigenvalue weighted by molar-refractivity contribution is 6.08. The first-order valence-corrected chi connectivity index (χ1v) is 8.31. The van der Waals surface area contributed by atoms with E-state index < -0.39 is 23.1 Å². The van der Waals surface area contributed by atoms with Gasteiger partial charge >= 0.3 is 0 Å². The van der Waals surface area contributed by atoms with Crippen molar-refractivity contribution in [2.24, 2.45) is 0 Å². The van der Waals surface area contributed by atoms with Crippen LogP contribution in [0.3, 0.4) is 0 Å². The summed E-state index contributed by atoms with van der Waals surface area (Å²) in [5.74, 6) is -2.63. The van der Waals surface area contributed by atoms with Crippen LogP contribution in [0.5, 0.6) is 0 Å². The van der Waals surface area contributed by atoms with E-state index in [-0.39, 0.29) is 5.82 Å². The number of rotatable bonds is 3. The largest absolute Gasteiger partial charge is 0.304 e. The van der Waals surface area contributed by atoms with Crippen LogP contribution in [0, 0.1) is 23.0 Å². The number of benzene rings is 3. The second kappa shape index (κ2) is 6.93. The first kappa shape index (κ1) is 17.4. The van der Waals surface area contributed by atoms with Gasteiger partial charge in [-0.2, -0.15) is 10.4 Å². The van der Waals surface area contributed by atoms with Crippen LogP contribution in [0.25, 0.3) is 22.0 Å². The zero-order chi connectivity index (χ0) is 19.7. The quantitative estimate of drug-likeness (QED) is 0.548. The fourth-order valence-corrected chi connectivity index (χ4v) is 2.92. The molecule has 2 N–H and O–H groups in total. The molecule has 4 aromatic rings. The molecule has 0 aliphatic heterocycles. The van der Waals surface area contributed by atoms with Gasteiger partial charge in [0.05, 0.1) is 17.1 Å². The highest BCUT2D eigenvalue weighted by atomic mass is 19.1. The highest BCUT2D eigenvalue weighted by Gasteiger charge is 2.19. The van der Waals surface area contributed by atoms with Crippen molar-refractivity contribution in [3.63, 3.8) is 0 Å². The first-order valence-electron chi connectivity index (χ1n) is 8.31. The number of anilines is 1. The Morgan fingerprint density at radius 2 is 1.68 bits per heavy atom. The molecule has 5 nitrogen and oxygen atoms in total. The van der Waals surface area contributed by atoms with Crippen molar-refractivity contribution in [3.8, 4) is 17.2 Å². The molecule has 0 atom stereocenters. The zero-order valence-electron chi connectivity index (χ0n) is 14.3. The van der Waals surface area contributed by atoms with E-state index >= 15 is 0 Å². The van der Waals surface area contributed by atoms with Gasteiger partial charge in [-0.1, -0.05) is 24.3 Å². The Labute approximate surface area is 158 Å². The van der Waals surface area contributed by atoms with Crippen molar-refractivity contribution in [2.45, 2.75) is 0 Å². The molecule has 0 bridgehead atoms. The predicted molar refractivity (Wildman–Crippen MR) is 101 cm³/mol. The lowest BCUT2D eigenvalue weighted by Gasteiger charge is -2.05. The third-order valence-corrected chi connectivity index (χ3v) is 4.33. The summed E-state index contributed by atoms with van der Waals surface area (Å²) in [7, 11) is 0. The summed E-state index contributed by atoms with van der Waals surface area (Å²) in [5, 5.41) is 18.8. The number of nitrogens with zero attached hydrogens (tertiary/aromatic N) is 2. The molecule has 3 aromatic carbocycles. The number of hydrogen-bond donors (Lipinski definition) is 2. The van der Waals surface area contributed by atoms with E-state index in [4.69, 9.17) is 5.26 Å². The summed E-state index contributed by atoms with van der Waals surface area (Å²) >= 11 is 0. The van der Waals surface area contributed by atoms with E-state index in [1.807, 2.05) is 24.3 Å². The molecule has 0 aliphatic rings. The average Bonchev–Trinajstić information content (AvgIpc) is 3.10. The van der Waals surface area contributed by atoms with Gasteiger partial charge in [-0.15, -0.1) is 0 Å². The molecule has 7 heteroatoms. The molecule has 4 rings (SSSR count). The molecule has 0 radical (unpaired) electrons. The number of aromatic nitrogens is 2. The Morgan fingerprint density at radius 3 is 2.36 bits per heavy atom. The van der Waals surface area contributed by atoms with Crippen molar-refractivity contribution in [1.82, 2.24) is 10.2 Å². The predicted octanol–water partition coefficient (Wildman–Crippen LogP) is 4.63. The number of carbonyl (C=O) groups is 1. The molecule has 1 heterocycles. The second-order valence-corrected chi connectivity index (χ2v) is 6.07. The lowest BCUT2D eigenvalue weighted by molar-refractivity contribution is 0.101. The maximum absolute atomic E-state index is 13.8. The lowest BCUT2D eigenvalue weighted by Crippen LogP contribution is -2.16. The molecule has 0 saturated heterocycles. The molecule has 1 amide bonds. The summed E-state index contributed by atoms with van der Waals surface area (Å²) in [6.07, 6.45) is 0. The van der Waals surface area contributed by atoms with Gasteiger partial charge in [-0.05, 0) is 47.5 Å². The van der Waals surface area contributed by atoms with Crippen molar-refractivity contribution in [1.29, 1.82) is 5.26 Å². The van der Waals surface area contributed by atoms with E-state index in [9.17, 15) is 13.6 Å². The van der Waals surface area contributed by atoms with Crippen LogP contribution in [0.15, 0.2) is 60.7 Å². The lowest BCUT2D eigenvalue weighted by atomic mass is 10.0. The Hall–Kier alpha value is -4.05. The first-order chi connectivity index (χ1) is 13.6. The minimum Gasteiger partial charge on any atom is -0.304 e. The zero-order valence-corrected chi connectivity index (χ0v) is 14.3. The number of halogens is 2. The molecular weight excluding hydrogens is 362 g/mol. The normalized spacial score (nSPS) is 10.6. The molecule has 0 aliphatic carbocycles. The molecule has 1 aromatic heterocycles. The molecule has 0 spiro atoms. The molecule has 136 valence electrons. The SMILES string of the molecule is N#Cc1ccc(-c2ccc3c(NC(=O)c4c(F)cccc4F)n[nH]c3c2)cc1. The number of fused-ring (bicyclic) bond motifs is 1. The van der Waals surface area contributed by atoms with Crippen molar-refractivity contribution >= 4 is 22.6 Å². The van der Waals surface area contributed by atoms with Crippen molar-refractivity contribution < 1.29 is 13.6 Å². The molecule has 0 unspecified atom stereocenters. The van der Waals surface area contributed by atoms with Gasteiger partial charge in [0.25, 0.3) is 5.91 Å². The summed E-state index contributed by atoms with van der Waals surface area (Å²) in [6.45, 7) is 0. The summed E-state index contributed by atoms with van der Waals surface area (Å²) in [4.78, 5) is 12.3. The number of carbonyl (C=O) groups excluding carboxylic acids is 1. The topological polar surface area (TPSA) is 81.6 Å². The molecular formula is C21H12F2N4O. The van der Waals surface area contributed by atoms with Crippen LogP contribution in [0.1, 0.15) is 15.9 Å². The Bertz CT molecular complexity index is 1220. The number of H-pyrrole nitrogens is 1. The standard InChI is InChI=1S/C21H12F2N4O/c22-16-2-1-3-17(23)19(16)21(28)25-20-15-9-8-14(10-18(15)26-27-20)13-6-4-12(11-24)5-7-13/h1-10H,(H2,25,26,27,28). The van der Waals surface area contributed by atoms with Gasteiger partial charge < -0.3 is 5.32 Å². The summed E-state index contributed by atoms with van der Waals surface area (Å²) in [6, 6.07) is 17.8. The number of amides is 1. The molecule has 0 saturated carbocycles. The maximum Gasteiger partial charge on any atom is 0.262 e. The van der Waals surface area contributed by atoms with E-state index in [0.717, 1.165) is 23.3 Å². The van der Waals surface area contributed by atoms with Crippen LogP contribution >= 0.6 is 0 Å². The van der Waals surface area contributed by atoms with Gasteiger partial charge in [0.2, 0.25) is 0 Å². The third kappa shape index (κ3) is 3.08. The number of nitrogens with one attached hydrogen (secondary N) is 2. The van der Waals surface area contributed by atoms with Crippen LogP contribution in [-0.4, -0.2) is 16.1 Å². The van der Waals surface area contributed by atoms with Crippen molar-refractivity contribution in [2.75, 3.05) is 5.32 Å². The fourth-order valence-electron chi connectivity index (χ4n) is 2.92. The smallest absolute Gasteiger partial charge is 0.262 e. The molecule has 0 fully saturated rings. The van der Waals surface area contributed by atoms with Crippen LogP contribution in [0.2, 0.25) is 0 Å². The number of nitriles is 1. The third-order valence-electron chi connectivity index (χ3n) is 4.33. The Kier molecular flexibility index (Phi) is 4.30. The van der Waals surface area contributed by atoms with Gasteiger partial charge in [-0.25, -0.2) is 8.78 Å². The van der Waals surface area contributed by atoms with E-state index in [0.29, 0.717) is 16.5 Å². The minimum atomic E-state index is -0.944. The van der Waals surface area contributed by atoms with Crippen molar-refractivity contribution in [3.05, 3.63) is 83.4 Å². The second-order valence-electron chi connectivity index (χ2n) is 6.07. The summed E-state index contributed by atoms with van der Waals surface area (Å²) in [5.41, 5.74) is 2.35. The number of aromatic amines is 1. The summed E-state index contributed by atoms with van der Waals surface area (Å²) < 4.78 is 27.6. The fraction of sp³-hybridized carbons (Fsp3) is 0. The van der Waals surface area contributed by atoms with Gasteiger partial charge in [-0.3, -0.25) is 9.89 Å². The van der Waals surface area contributed by atoms with E-state index in [2.05, 4.69) is 21.6 Å². The Balaban J connectivity index is 1.65. The maximum atomic E-state index is 13.8. The van der Waals surface area contributed by atoms with Gasteiger partial charge in [0, 0.05) is 5.39 Å². The van der Waals surface area contributed by atoms with Gasteiger partial charge in [0.1, 0.15) is 17.2 Å². The average molecular weight is 374 g/mol. The van der Waals surface area contributed by atoms with Crippen LogP contribution in [0.4, 0.5) is 14.6 Å². The van der Waals surface area contributed by atoms with Gasteiger partial charge in [0.15, 0.2) is 5.82 Å². The monoisotopic (exact) mass is 374 g/mol. The van der Waals surface area contributed by atoms with E-state index in [1.165, 1.54) is 6.07 Å². The number of hydrogen-bond acceptors (Lipinski definition) is 3. The molecule has 28 heavy (non-hydrogen) atoms. The minimum absolute atomic E-state index is 0.175. The van der Waals surface area contributed by atoms with Crippen LogP contribution in [-0.2, 0) is 0 Å².